The molecular weight excluding hydrogens is 250 g/mol. The lowest BCUT2D eigenvalue weighted by atomic mass is 10.1. The molecule has 5 N–H and O–H groups in total. The van der Waals surface area contributed by atoms with E-state index in [1.165, 1.54) is 5.48 Å². The topological polar surface area (TPSA) is 114 Å². The highest BCUT2D eigenvalue weighted by Gasteiger charge is 2.21. The Morgan fingerprint density at radius 2 is 2.05 bits per heavy atom. The van der Waals surface area contributed by atoms with Crippen LogP contribution in [0.3, 0.4) is 0 Å². The van der Waals surface area contributed by atoms with Crippen LogP contribution in [0.4, 0.5) is 4.79 Å². The first-order chi connectivity index (χ1) is 9.11. The minimum absolute atomic E-state index is 0.118. The van der Waals surface area contributed by atoms with Crippen molar-refractivity contribution in [2.45, 2.75) is 12.5 Å². The average Bonchev–Trinajstić information content (AvgIpc) is 2.81. The maximum Gasteiger partial charge on any atom is 0.339 e. The monoisotopic (exact) mass is 263 g/mol. The molecule has 0 saturated carbocycles. The van der Waals surface area contributed by atoms with E-state index < -0.39 is 18.0 Å². The molecule has 7 heteroatoms. The van der Waals surface area contributed by atoms with E-state index >= 15 is 0 Å². The van der Waals surface area contributed by atoms with Gasteiger partial charge in [0, 0.05) is 23.5 Å². The molecule has 100 valence electrons. The number of nitrogens with one attached hydrogen (secondary N) is 3. The lowest BCUT2D eigenvalue weighted by Gasteiger charge is -2.13. The molecule has 0 bridgehead atoms. The molecule has 1 aromatic carbocycles. The van der Waals surface area contributed by atoms with Gasteiger partial charge in [-0.15, -0.1) is 0 Å². The van der Waals surface area contributed by atoms with Crippen molar-refractivity contribution >= 4 is 22.9 Å². The fourth-order valence-electron chi connectivity index (χ4n) is 1.91. The third-order valence-electron chi connectivity index (χ3n) is 2.80. The molecule has 2 aromatic rings. The lowest BCUT2D eigenvalue weighted by molar-refractivity contribution is -0.139. The zero-order valence-corrected chi connectivity index (χ0v) is 9.88. The van der Waals surface area contributed by atoms with E-state index in [-0.39, 0.29) is 6.42 Å². The summed E-state index contributed by atoms with van der Waals surface area (Å²) in [7, 11) is 0. The van der Waals surface area contributed by atoms with Crippen LogP contribution in [-0.4, -0.2) is 33.3 Å². The number of hydrogen-bond acceptors (Lipinski definition) is 3. The number of benzene rings is 1. The van der Waals surface area contributed by atoms with E-state index in [1.807, 2.05) is 24.3 Å². The second kappa shape index (κ2) is 5.40. The van der Waals surface area contributed by atoms with Crippen LogP contribution in [-0.2, 0) is 11.2 Å². The van der Waals surface area contributed by atoms with Gasteiger partial charge in [-0.25, -0.2) is 15.1 Å². The SMILES string of the molecule is O=C(NO)N[C@@H](Cc1c[nH]c2ccccc12)C(=O)O. The van der Waals surface area contributed by atoms with Crippen LogP contribution < -0.4 is 10.8 Å². The maximum absolute atomic E-state index is 11.1. The van der Waals surface area contributed by atoms with E-state index in [2.05, 4.69) is 10.3 Å². The predicted octanol–water partition coefficient (Wildman–Crippen LogP) is 0.852. The van der Waals surface area contributed by atoms with Gasteiger partial charge in [-0.3, -0.25) is 5.21 Å². The number of H-pyrrole nitrogens is 1. The predicted molar refractivity (Wildman–Crippen MR) is 66.9 cm³/mol. The number of hydroxylamine groups is 1. The number of aliphatic carboxylic acids is 1. The highest BCUT2D eigenvalue weighted by atomic mass is 16.5. The Hall–Kier alpha value is -2.54. The van der Waals surface area contributed by atoms with Gasteiger partial charge in [-0.05, 0) is 11.6 Å². The zero-order chi connectivity index (χ0) is 13.8. The Morgan fingerprint density at radius 3 is 2.74 bits per heavy atom. The molecule has 7 nitrogen and oxygen atoms in total. The van der Waals surface area contributed by atoms with Gasteiger partial charge in [0.05, 0.1) is 0 Å². The van der Waals surface area contributed by atoms with Crippen molar-refractivity contribution in [2.75, 3.05) is 0 Å². The maximum atomic E-state index is 11.1. The number of carbonyl (C=O) groups is 2. The Labute approximate surface area is 108 Å². The van der Waals surface area contributed by atoms with Crippen molar-refractivity contribution in [3.05, 3.63) is 36.0 Å². The number of carbonyl (C=O) groups excluding carboxylic acids is 1. The molecule has 0 saturated heterocycles. The van der Waals surface area contributed by atoms with Crippen molar-refractivity contribution in [2.24, 2.45) is 0 Å². The highest BCUT2D eigenvalue weighted by molar-refractivity contribution is 5.86. The summed E-state index contributed by atoms with van der Waals surface area (Å²) in [4.78, 5) is 25.1. The van der Waals surface area contributed by atoms with Crippen molar-refractivity contribution < 1.29 is 19.9 Å². The lowest BCUT2D eigenvalue weighted by Crippen LogP contribution is -2.46. The minimum atomic E-state index is -1.17. The molecule has 19 heavy (non-hydrogen) atoms. The summed E-state index contributed by atoms with van der Waals surface area (Å²) < 4.78 is 0. The molecule has 1 aromatic heterocycles. The van der Waals surface area contributed by atoms with E-state index in [1.54, 1.807) is 6.20 Å². The van der Waals surface area contributed by atoms with Crippen LogP contribution in [0.25, 0.3) is 10.9 Å². The van der Waals surface area contributed by atoms with Gasteiger partial charge in [-0.1, -0.05) is 18.2 Å². The summed E-state index contributed by atoms with van der Waals surface area (Å²) >= 11 is 0. The van der Waals surface area contributed by atoms with Crippen LogP contribution >= 0.6 is 0 Å². The quantitative estimate of drug-likeness (QED) is 0.415. The number of amides is 2. The Morgan fingerprint density at radius 1 is 1.32 bits per heavy atom. The fourth-order valence-corrected chi connectivity index (χ4v) is 1.91. The molecule has 0 fully saturated rings. The largest absolute Gasteiger partial charge is 0.480 e. The molecule has 0 aliphatic heterocycles. The van der Waals surface area contributed by atoms with Gasteiger partial charge in [0.15, 0.2) is 0 Å². The summed E-state index contributed by atoms with van der Waals surface area (Å²) in [5, 5.41) is 20.5. The summed E-state index contributed by atoms with van der Waals surface area (Å²) in [5.41, 5.74) is 3.02. The third kappa shape index (κ3) is 2.83. The van der Waals surface area contributed by atoms with Crippen LogP contribution in [0.5, 0.6) is 0 Å². The van der Waals surface area contributed by atoms with E-state index in [4.69, 9.17) is 10.3 Å². The molecule has 0 unspecified atom stereocenters. The average molecular weight is 263 g/mol. The Balaban J connectivity index is 2.21. The summed E-state index contributed by atoms with van der Waals surface area (Å²) in [6, 6.07) is 5.39. The number of urea groups is 1. The first-order valence-corrected chi connectivity index (χ1v) is 5.60. The number of rotatable bonds is 4. The molecule has 2 amide bonds. The summed E-state index contributed by atoms with van der Waals surface area (Å²) in [5.74, 6) is -1.17. The molecule has 2 rings (SSSR count). The van der Waals surface area contributed by atoms with Crippen molar-refractivity contribution in [1.29, 1.82) is 0 Å². The highest BCUT2D eigenvalue weighted by Crippen LogP contribution is 2.19. The smallest absolute Gasteiger partial charge is 0.339 e. The third-order valence-corrected chi connectivity index (χ3v) is 2.80. The van der Waals surface area contributed by atoms with E-state index in [9.17, 15) is 9.59 Å². The van der Waals surface area contributed by atoms with Gasteiger partial charge in [-0.2, -0.15) is 0 Å². The van der Waals surface area contributed by atoms with Gasteiger partial charge in [0.25, 0.3) is 0 Å². The van der Waals surface area contributed by atoms with Crippen LogP contribution in [0.15, 0.2) is 30.5 Å². The molecular formula is C12H13N3O4. The van der Waals surface area contributed by atoms with Gasteiger partial charge >= 0.3 is 12.0 Å². The number of carboxylic acids is 1. The first kappa shape index (κ1) is 12.9. The molecule has 0 radical (unpaired) electrons. The van der Waals surface area contributed by atoms with Gasteiger partial charge in [0.1, 0.15) is 6.04 Å². The molecule has 0 spiro atoms. The minimum Gasteiger partial charge on any atom is -0.480 e. The summed E-state index contributed by atoms with van der Waals surface area (Å²) in [6.45, 7) is 0. The number of aromatic nitrogens is 1. The number of para-hydroxylation sites is 1. The van der Waals surface area contributed by atoms with E-state index in [0.717, 1.165) is 16.5 Å². The normalized spacial score (nSPS) is 12.1. The van der Waals surface area contributed by atoms with Crippen LogP contribution in [0.2, 0.25) is 0 Å². The molecule has 1 heterocycles. The first-order valence-electron chi connectivity index (χ1n) is 5.60. The molecule has 0 aliphatic carbocycles. The second-order valence-electron chi connectivity index (χ2n) is 4.04. The van der Waals surface area contributed by atoms with Gasteiger partial charge < -0.3 is 15.4 Å². The van der Waals surface area contributed by atoms with Crippen LogP contribution in [0, 0.1) is 0 Å². The Kier molecular flexibility index (Phi) is 3.67. The zero-order valence-electron chi connectivity index (χ0n) is 9.88. The number of hydrogen-bond donors (Lipinski definition) is 5. The second-order valence-corrected chi connectivity index (χ2v) is 4.04. The van der Waals surface area contributed by atoms with Crippen LogP contribution in [0.1, 0.15) is 5.56 Å². The molecule has 0 aliphatic rings. The number of aromatic amines is 1. The van der Waals surface area contributed by atoms with Crippen molar-refractivity contribution in [3.63, 3.8) is 0 Å². The van der Waals surface area contributed by atoms with Crippen molar-refractivity contribution in [1.82, 2.24) is 15.8 Å². The standard InChI is InChI=1S/C12H13N3O4/c16-11(17)10(14-12(18)15-19)5-7-6-13-9-4-2-1-3-8(7)9/h1-4,6,10,13,19H,5H2,(H,16,17)(H2,14,15,18)/t10-/m0/s1. The summed E-state index contributed by atoms with van der Waals surface area (Å²) in [6.07, 6.45) is 1.83. The number of carboxylic acid groups (broad SMARTS) is 1. The Bertz CT molecular complexity index is 608. The fraction of sp³-hybridized carbons (Fsp3) is 0.167. The van der Waals surface area contributed by atoms with E-state index in [0.29, 0.717) is 0 Å². The van der Waals surface area contributed by atoms with Gasteiger partial charge in [0.2, 0.25) is 0 Å². The number of fused-ring (bicyclic) bond motifs is 1. The molecule has 1 atom stereocenters. The van der Waals surface area contributed by atoms with Crippen molar-refractivity contribution in [3.8, 4) is 0 Å².